The van der Waals surface area contributed by atoms with E-state index in [9.17, 15) is 0 Å². The lowest BCUT2D eigenvalue weighted by Crippen LogP contribution is -2.24. The van der Waals surface area contributed by atoms with Crippen LogP contribution in [0.15, 0.2) is 11.3 Å². The number of hydrogen-bond acceptors (Lipinski definition) is 1. The maximum Gasteiger partial charge on any atom is 0.0109 e. The summed E-state index contributed by atoms with van der Waals surface area (Å²) in [4.78, 5) is 0. The Hall–Kier alpha value is -0.460. The van der Waals surface area contributed by atoms with Gasteiger partial charge in [0.05, 0.1) is 0 Å². The molecule has 0 fully saturated rings. The van der Waals surface area contributed by atoms with Crippen molar-refractivity contribution in [1.82, 2.24) is 0 Å². The Morgan fingerprint density at radius 2 is 1.85 bits per heavy atom. The first kappa shape index (κ1) is 10.6. The predicted molar refractivity (Wildman–Crippen MR) is 58.2 cm³/mol. The molecule has 13 heavy (non-hydrogen) atoms. The summed E-state index contributed by atoms with van der Waals surface area (Å²) in [7, 11) is 0. The van der Waals surface area contributed by atoms with Gasteiger partial charge in [-0.25, -0.2) is 0 Å². The second-order valence-corrected chi connectivity index (χ2v) is 4.88. The highest BCUT2D eigenvalue weighted by Crippen LogP contribution is 2.34. The molecule has 1 rings (SSSR count). The first-order valence-corrected chi connectivity index (χ1v) is 5.52. The third kappa shape index (κ3) is 2.26. The van der Waals surface area contributed by atoms with Crippen LogP contribution < -0.4 is 5.73 Å². The van der Waals surface area contributed by atoms with E-state index >= 15 is 0 Å². The summed E-state index contributed by atoms with van der Waals surface area (Å²) in [5, 5.41) is 0. The molecular formula is C12H23N. The molecule has 0 aliphatic heterocycles. The summed E-state index contributed by atoms with van der Waals surface area (Å²) < 4.78 is 0. The monoisotopic (exact) mass is 181 g/mol. The Labute approximate surface area is 82.4 Å². The number of allylic oxidation sites excluding steroid dienone is 2. The van der Waals surface area contributed by atoms with Crippen molar-refractivity contribution in [1.29, 1.82) is 0 Å². The van der Waals surface area contributed by atoms with Crippen LogP contribution in [-0.4, -0.2) is 0 Å². The van der Waals surface area contributed by atoms with Gasteiger partial charge in [-0.2, -0.15) is 0 Å². The predicted octanol–water partition coefficient (Wildman–Crippen LogP) is 3.31. The SMILES string of the molecule is CC(C)C1=C(N)C(C(C)C)CCC1. The van der Waals surface area contributed by atoms with Crippen LogP contribution in [0.1, 0.15) is 47.0 Å². The highest BCUT2D eigenvalue weighted by molar-refractivity contribution is 5.19. The van der Waals surface area contributed by atoms with Gasteiger partial charge < -0.3 is 5.73 Å². The van der Waals surface area contributed by atoms with Gasteiger partial charge in [0.1, 0.15) is 0 Å². The van der Waals surface area contributed by atoms with Crippen LogP contribution in [0.25, 0.3) is 0 Å². The smallest absolute Gasteiger partial charge is 0.0109 e. The molecule has 0 radical (unpaired) electrons. The number of rotatable bonds is 2. The minimum atomic E-state index is 0.640. The second kappa shape index (κ2) is 4.17. The average molecular weight is 181 g/mol. The number of nitrogens with two attached hydrogens (primary N) is 1. The van der Waals surface area contributed by atoms with E-state index in [-0.39, 0.29) is 0 Å². The van der Waals surface area contributed by atoms with Gasteiger partial charge in [-0.05, 0) is 36.7 Å². The molecule has 0 saturated heterocycles. The molecule has 0 amide bonds. The first-order valence-electron chi connectivity index (χ1n) is 5.52. The summed E-state index contributed by atoms with van der Waals surface area (Å²) in [6.07, 6.45) is 3.85. The van der Waals surface area contributed by atoms with E-state index in [4.69, 9.17) is 5.73 Å². The molecule has 0 saturated carbocycles. The van der Waals surface area contributed by atoms with Crippen molar-refractivity contribution in [2.75, 3.05) is 0 Å². The molecule has 1 aliphatic carbocycles. The molecule has 0 bridgehead atoms. The lowest BCUT2D eigenvalue weighted by molar-refractivity contribution is 0.369. The van der Waals surface area contributed by atoms with Crippen molar-refractivity contribution >= 4 is 0 Å². The van der Waals surface area contributed by atoms with E-state index in [2.05, 4.69) is 27.7 Å². The van der Waals surface area contributed by atoms with Gasteiger partial charge in [-0.15, -0.1) is 0 Å². The van der Waals surface area contributed by atoms with Crippen molar-refractivity contribution < 1.29 is 0 Å². The van der Waals surface area contributed by atoms with Crippen LogP contribution in [0.3, 0.4) is 0 Å². The Kier molecular flexibility index (Phi) is 3.40. The molecule has 1 heteroatoms. The van der Waals surface area contributed by atoms with Gasteiger partial charge in [0.15, 0.2) is 0 Å². The molecule has 1 atom stereocenters. The van der Waals surface area contributed by atoms with Gasteiger partial charge in [0.2, 0.25) is 0 Å². The fraction of sp³-hybridized carbons (Fsp3) is 0.833. The van der Waals surface area contributed by atoms with E-state index in [0.29, 0.717) is 17.8 Å². The average Bonchev–Trinajstić information content (AvgIpc) is 2.03. The summed E-state index contributed by atoms with van der Waals surface area (Å²) in [6, 6.07) is 0. The van der Waals surface area contributed by atoms with Crippen molar-refractivity contribution in [3.63, 3.8) is 0 Å². The minimum absolute atomic E-state index is 0.640. The van der Waals surface area contributed by atoms with E-state index in [1.807, 2.05) is 0 Å². The second-order valence-electron chi connectivity index (χ2n) is 4.88. The van der Waals surface area contributed by atoms with Crippen molar-refractivity contribution in [2.24, 2.45) is 23.5 Å². The molecule has 2 N–H and O–H groups in total. The molecule has 76 valence electrons. The van der Waals surface area contributed by atoms with E-state index in [1.54, 1.807) is 0 Å². The van der Waals surface area contributed by atoms with Crippen molar-refractivity contribution in [2.45, 2.75) is 47.0 Å². The maximum absolute atomic E-state index is 6.20. The molecule has 0 aromatic rings. The topological polar surface area (TPSA) is 26.0 Å². The van der Waals surface area contributed by atoms with E-state index in [0.717, 1.165) is 0 Å². The molecular weight excluding hydrogens is 158 g/mol. The van der Waals surface area contributed by atoms with Crippen molar-refractivity contribution in [3.8, 4) is 0 Å². The van der Waals surface area contributed by atoms with Gasteiger partial charge >= 0.3 is 0 Å². The van der Waals surface area contributed by atoms with Crippen LogP contribution >= 0.6 is 0 Å². The Morgan fingerprint density at radius 1 is 1.23 bits per heavy atom. The number of hydrogen-bond donors (Lipinski definition) is 1. The zero-order valence-corrected chi connectivity index (χ0v) is 9.43. The molecule has 0 aromatic heterocycles. The lowest BCUT2D eigenvalue weighted by Gasteiger charge is -2.30. The highest BCUT2D eigenvalue weighted by atomic mass is 14.6. The Balaban J connectivity index is 2.85. The summed E-state index contributed by atoms with van der Waals surface area (Å²) in [5.74, 6) is 1.99. The standard InChI is InChI=1S/C12H23N/c1-8(2)10-6-5-7-11(9(3)4)12(10)13/h8-10H,5-7,13H2,1-4H3. The Morgan fingerprint density at radius 3 is 2.31 bits per heavy atom. The lowest BCUT2D eigenvalue weighted by atomic mass is 9.78. The van der Waals surface area contributed by atoms with Crippen LogP contribution in [0.2, 0.25) is 0 Å². The molecule has 1 unspecified atom stereocenters. The quantitative estimate of drug-likeness (QED) is 0.695. The van der Waals surface area contributed by atoms with E-state index < -0.39 is 0 Å². The molecule has 1 nitrogen and oxygen atoms in total. The maximum atomic E-state index is 6.20. The summed E-state index contributed by atoms with van der Waals surface area (Å²) >= 11 is 0. The fourth-order valence-corrected chi connectivity index (χ4v) is 2.36. The zero-order chi connectivity index (χ0) is 10.0. The van der Waals surface area contributed by atoms with Gasteiger partial charge in [0, 0.05) is 11.6 Å². The third-order valence-corrected chi connectivity index (χ3v) is 3.23. The van der Waals surface area contributed by atoms with Crippen LogP contribution in [0, 0.1) is 17.8 Å². The molecule has 0 aromatic carbocycles. The summed E-state index contributed by atoms with van der Waals surface area (Å²) in [6.45, 7) is 9.07. The zero-order valence-electron chi connectivity index (χ0n) is 9.43. The van der Waals surface area contributed by atoms with Gasteiger partial charge in [-0.1, -0.05) is 27.7 Å². The first-order chi connectivity index (χ1) is 6.04. The van der Waals surface area contributed by atoms with E-state index in [1.165, 1.54) is 30.5 Å². The largest absolute Gasteiger partial charge is 0.402 e. The molecule has 0 spiro atoms. The third-order valence-electron chi connectivity index (χ3n) is 3.23. The van der Waals surface area contributed by atoms with Crippen molar-refractivity contribution in [3.05, 3.63) is 11.3 Å². The summed E-state index contributed by atoms with van der Waals surface area (Å²) in [5.41, 5.74) is 8.93. The molecule has 1 aliphatic rings. The fourth-order valence-electron chi connectivity index (χ4n) is 2.36. The van der Waals surface area contributed by atoms with Gasteiger partial charge in [0.25, 0.3) is 0 Å². The molecule has 0 heterocycles. The van der Waals surface area contributed by atoms with Crippen LogP contribution in [-0.2, 0) is 0 Å². The van der Waals surface area contributed by atoms with Crippen LogP contribution in [0.5, 0.6) is 0 Å². The Bertz CT molecular complexity index is 201. The normalized spacial score (nSPS) is 24.6. The van der Waals surface area contributed by atoms with Gasteiger partial charge in [-0.3, -0.25) is 0 Å². The van der Waals surface area contributed by atoms with Crippen LogP contribution in [0.4, 0.5) is 0 Å². The minimum Gasteiger partial charge on any atom is -0.402 e. The highest BCUT2D eigenvalue weighted by Gasteiger charge is 2.24.